The first-order chi connectivity index (χ1) is 17.5. The van der Waals surface area contributed by atoms with Crippen LogP contribution in [0.4, 0.5) is 5.69 Å². The molecule has 2 N–H and O–H groups in total. The summed E-state index contributed by atoms with van der Waals surface area (Å²) in [5, 5.41) is 12.6. The number of carbonyl (C=O) groups is 1. The Balaban J connectivity index is 1.43. The van der Waals surface area contributed by atoms with Crippen LogP contribution >= 0.6 is 0 Å². The molecule has 1 atom stereocenters. The van der Waals surface area contributed by atoms with Crippen molar-refractivity contribution in [3.05, 3.63) is 71.3 Å². The van der Waals surface area contributed by atoms with Crippen LogP contribution < -0.4 is 19.5 Å². The van der Waals surface area contributed by atoms with E-state index in [-0.39, 0.29) is 12.3 Å². The fourth-order valence-electron chi connectivity index (χ4n) is 4.69. The SMILES string of the molecule is CCOc1nc2ccc(OC)cc2n1-c1cccc(CNc2ccc3c(c2)OCC3CC(=O)O)c1C. The number of imidazole rings is 1. The van der Waals surface area contributed by atoms with Crippen molar-refractivity contribution in [3.8, 4) is 23.2 Å². The van der Waals surface area contributed by atoms with E-state index in [0.717, 1.165) is 50.6 Å². The molecular weight excluding hydrogens is 458 g/mol. The van der Waals surface area contributed by atoms with Gasteiger partial charge >= 0.3 is 12.0 Å². The molecule has 1 aliphatic rings. The molecule has 0 spiro atoms. The van der Waals surface area contributed by atoms with Gasteiger partial charge in [0, 0.05) is 35.8 Å². The lowest BCUT2D eigenvalue weighted by molar-refractivity contribution is -0.137. The fraction of sp³-hybridized carbons (Fsp3) is 0.286. The standard InChI is InChI=1S/C28H29N3O5/c1-4-35-28-30-23-11-9-21(34-3)14-25(23)31(28)24-7-5-6-18(17(24)2)15-29-20-8-10-22-19(12-27(32)33)16-36-26(22)13-20/h5-11,13-14,19,29H,4,12,15-16H2,1-3H3,(H,32,33). The Kier molecular flexibility index (Phi) is 6.41. The van der Waals surface area contributed by atoms with Gasteiger partial charge in [-0.05, 0) is 49.2 Å². The average Bonchev–Trinajstić information content (AvgIpc) is 3.43. The Bertz CT molecular complexity index is 1430. The van der Waals surface area contributed by atoms with Gasteiger partial charge in [-0.25, -0.2) is 0 Å². The quantitative estimate of drug-likeness (QED) is 0.331. The number of hydrogen-bond acceptors (Lipinski definition) is 6. The molecule has 0 saturated heterocycles. The summed E-state index contributed by atoms with van der Waals surface area (Å²) in [6.45, 7) is 5.56. The van der Waals surface area contributed by atoms with Crippen LogP contribution in [0.3, 0.4) is 0 Å². The monoisotopic (exact) mass is 487 g/mol. The Labute approximate surface area is 209 Å². The first-order valence-electron chi connectivity index (χ1n) is 12.0. The van der Waals surface area contributed by atoms with Crippen LogP contribution in [0.5, 0.6) is 17.5 Å². The van der Waals surface area contributed by atoms with Gasteiger partial charge < -0.3 is 24.6 Å². The lowest BCUT2D eigenvalue weighted by atomic mass is 9.98. The Morgan fingerprint density at radius 1 is 1.22 bits per heavy atom. The van der Waals surface area contributed by atoms with Crippen LogP contribution in [0.1, 0.15) is 36.0 Å². The van der Waals surface area contributed by atoms with Crippen molar-refractivity contribution in [1.29, 1.82) is 0 Å². The van der Waals surface area contributed by atoms with E-state index in [0.29, 0.717) is 25.8 Å². The van der Waals surface area contributed by atoms with Gasteiger partial charge in [0.2, 0.25) is 0 Å². The number of aromatic nitrogens is 2. The van der Waals surface area contributed by atoms with Crippen molar-refractivity contribution in [1.82, 2.24) is 9.55 Å². The molecule has 0 saturated carbocycles. The number of fused-ring (bicyclic) bond motifs is 2. The maximum absolute atomic E-state index is 11.1. The van der Waals surface area contributed by atoms with Gasteiger partial charge in [0.15, 0.2) is 0 Å². The zero-order valence-corrected chi connectivity index (χ0v) is 20.6. The smallest absolute Gasteiger partial charge is 0.304 e. The lowest BCUT2D eigenvalue weighted by Gasteiger charge is -2.16. The van der Waals surface area contributed by atoms with Crippen LogP contribution in [-0.4, -0.2) is 41.0 Å². The number of nitrogens with zero attached hydrogens (tertiary/aromatic N) is 2. The number of methoxy groups -OCH3 is 1. The minimum atomic E-state index is -0.814. The molecule has 0 aliphatic carbocycles. The summed E-state index contributed by atoms with van der Waals surface area (Å²) in [7, 11) is 1.65. The van der Waals surface area contributed by atoms with Crippen LogP contribution in [0.2, 0.25) is 0 Å². The number of ether oxygens (including phenoxy) is 3. The maximum Gasteiger partial charge on any atom is 0.304 e. The predicted molar refractivity (Wildman–Crippen MR) is 138 cm³/mol. The summed E-state index contributed by atoms with van der Waals surface area (Å²) in [6, 6.07) is 18.4. The molecule has 4 aromatic rings. The number of aliphatic carboxylic acids is 1. The molecule has 186 valence electrons. The summed E-state index contributed by atoms with van der Waals surface area (Å²) < 4.78 is 19.1. The third-order valence-electron chi connectivity index (χ3n) is 6.56. The number of nitrogens with one attached hydrogen (secondary N) is 1. The number of rotatable bonds is 9. The van der Waals surface area contributed by atoms with Crippen molar-refractivity contribution in [3.63, 3.8) is 0 Å². The second kappa shape index (κ2) is 9.81. The van der Waals surface area contributed by atoms with E-state index in [9.17, 15) is 4.79 Å². The zero-order chi connectivity index (χ0) is 25.2. The normalized spacial score (nSPS) is 14.4. The van der Waals surface area contributed by atoms with Gasteiger partial charge in [0.25, 0.3) is 0 Å². The van der Waals surface area contributed by atoms with E-state index in [1.807, 2.05) is 54.0 Å². The van der Waals surface area contributed by atoms with Gasteiger partial charge in [0.1, 0.15) is 11.5 Å². The highest BCUT2D eigenvalue weighted by Crippen LogP contribution is 2.38. The minimum Gasteiger partial charge on any atom is -0.497 e. The lowest BCUT2D eigenvalue weighted by Crippen LogP contribution is -2.07. The third kappa shape index (κ3) is 4.42. The van der Waals surface area contributed by atoms with Crippen molar-refractivity contribution in [2.24, 2.45) is 0 Å². The number of anilines is 1. The van der Waals surface area contributed by atoms with Gasteiger partial charge in [-0.15, -0.1) is 0 Å². The van der Waals surface area contributed by atoms with Crippen molar-refractivity contribution < 1.29 is 24.1 Å². The molecule has 2 heterocycles. The van der Waals surface area contributed by atoms with Crippen LogP contribution in [0, 0.1) is 6.92 Å². The zero-order valence-electron chi connectivity index (χ0n) is 20.6. The summed E-state index contributed by atoms with van der Waals surface area (Å²) in [5.41, 5.74) is 6.84. The molecule has 0 fully saturated rings. The van der Waals surface area contributed by atoms with Crippen molar-refractivity contribution >= 4 is 22.7 Å². The predicted octanol–water partition coefficient (Wildman–Crippen LogP) is 5.30. The van der Waals surface area contributed by atoms with E-state index >= 15 is 0 Å². The number of hydrogen-bond donors (Lipinski definition) is 2. The van der Waals surface area contributed by atoms with E-state index in [2.05, 4.69) is 24.4 Å². The van der Waals surface area contributed by atoms with Crippen LogP contribution in [0.25, 0.3) is 16.7 Å². The topological polar surface area (TPSA) is 94.8 Å². The Morgan fingerprint density at radius 3 is 2.86 bits per heavy atom. The summed E-state index contributed by atoms with van der Waals surface area (Å²) in [4.78, 5) is 15.8. The van der Waals surface area contributed by atoms with Gasteiger partial charge in [-0.1, -0.05) is 18.2 Å². The molecule has 1 unspecified atom stereocenters. The molecule has 1 aromatic heterocycles. The first-order valence-corrected chi connectivity index (χ1v) is 12.0. The summed E-state index contributed by atoms with van der Waals surface area (Å²) in [6.07, 6.45) is 0.0737. The van der Waals surface area contributed by atoms with Gasteiger partial charge in [-0.3, -0.25) is 9.36 Å². The number of benzene rings is 3. The minimum absolute atomic E-state index is 0.0737. The fourth-order valence-corrected chi connectivity index (χ4v) is 4.69. The van der Waals surface area contributed by atoms with Gasteiger partial charge in [-0.2, -0.15) is 4.98 Å². The number of carboxylic acids is 1. The molecule has 1 aliphatic heterocycles. The molecule has 8 heteroatoms. The van der Waals surface area contributed by atoms with Crippen LogP contribution in [0.15, 0.2) is 54.6 Å². The highest BCUT2D eigenvalue weighted by molar-refractivity contribution is 5.81. The molecule has 0 radical (unpaired) electrons. The molecule has 36 heavy (non-hydrogen) atoms. The average molecular weight is 488 g/mol. The molecular formula is C28H29N3O5. The van der Waals surface area contributed by atoms with E-state index < -0.39 is 5.97 Å². The third-order valence-corrected chi connectivity index (χ3v) is 6.56. The van der Waals surface area contributed by atoms with Crippen LogP contribution in [-0.2, 0) is 11.3 Å². The molecule has 3 aromatic carbocycles. The molecule has 5 rings (SSSR count). The first kappa shape index (κ1) is 23.5. The second-order valence-electron chi connectivity index (χ2n) is 8.79. The van der Waals surface area contributed by atoms with E-state index in [1.165, 1.54) is 0 Å². The highest BCUT2D eigenvalue weighted by Gasteiger charge is 2.26. The Morgan fingerprint density at radius 2 is 2.08 bits per heavy atom. The van der Waals surface area contributed by atoms with E-state index in [1.54, 1.807) is 7.11 Å². The molecule has 8 nitrogen and oxygen atoms in total. The molecule has 0 bridgehead atoms. The maximum atomic E-state index is 11.1. The second-order valence-corrected chi connectivity index (χ2v) is 8.79. The summed E-state index contributed by atoms with van der Waals surface area (Å²) in [5.74, 6) is 0.586. The Hall–Kier alpha value is -4.20. The van der Waals surface area contributed by atoms with Crippen molar-refractivity contribution in [2.75, 3.05) is 25.6 Å². The highest BCUT2D eigenvalue weighted by atomic mass is 16.5. The molecule has 0 amide bonds. The number of carboxylic acid groups (broad SMARTS) is 1. The van der Waals surface area contributed by atoms with E-state index in [4.69, 9.17) is 24.3 Å². The largest absolute Gasteiger partial charge is 0.497 e. The van der Waals surface area contributed by atoms with Gasteiger partial charge in [0.05, 0.1) is 43.5 Å². The summed E-state index contributed by atoms with van der Waals surface area (Å²) >= 11 is 0. The van der Waals surface area contributed by atoms with Crippen molar-refractivity contribution in [2.45, 2.75) is 32.7 Å².